The van der Waals surface area contributed by atoms with Crippen molar-refractivity contribution in [3.8, 4) is 0 Å². The maximum Gasteiger partial charge on any atom is 0.416 e. The highest BCUT2D eigenvalue weighted by molar-refractivity contribution is 7.89. The molecule has 4 rings (SSSR count). The van der Waals surface area contributed by atoms with Crippen molar-refractivity contribution in [2.75, 3.05) is 6.54 Å². The maximum absolute atomic E-state index is 13.2. The summed E-state index contributed by atoms with van der Waals surface area (Å²) in [6, 6.07) is 11.6. The fourth-order valence-corrected chi connectivity index (χ4v) is 6.49. The predicted octanol–water partition coefficient (Wildman–Crippen LogP) is 5.18. The van der Waals surface area contributed by atoms with E-state index in [1.54, 1.807) is 30.3 Å². The number of halogens is 3. The number of hydrogen-bond acceptors (Lipinski definition) is 5. The van der Waals surface area contributed by atoms with Crippen molar-refractivity contribution in [2.45, 2.75) is 49.7 Å². The smallest absolute Gasteiger partial charge is 0.207 e. The lowest BCUT2D eigenvalue weighted by atomic mass is 10.1. The third-order valence-corrected chi connectivity index (χ3v) is 8.49. The van der Waals surface area contributed by atoms with Crippen LogP contribution in [0.25, 0.3) is 0 Å². The van der Waals surface area contributed by atoms with Crippen LogP contribution in [0.15, 0.2) is 53.4 Å². The lowest BCUT2D eigenvalue weighted by Crippen LogP contribution is -2.30. The van der Waals surface area contributed by atoms with E-state index in [4.69, 9.17) is 0 Å². The van der Waals surface area contributed by atoms with E-state index in [0.717, 1.165) is 24.1 Å². The van der Waals surface area contributed by atoms with Crippen LogP contribution in [-0.2, 0) is 29.0 Å². The molecule has 1 unspecified atom stereocenters. The van der Waals surface area contributed by atoms with Crippen molar-refractivity contribution in [2.24, 2.45) is 0 Å². The zero-order chi connectivity index (χ0) is 22.9. The lowest BCUT2D eigenvalue weighted by Gasteiger charge is -2.22. The van der Waals surface area contributed by atoms with Gasteiger partial charge in [0.2, 0.25) is 10.0 Å². The average Bonchev–Trinajstić information content (AvgIpc) is 3.42. The molecule has 2 heterocycles. The van der Waals surface area contributed by atoms with Crippen molar-refractivity contribution >= 4 is 21.4 Å². The van der Waals surface area contributed by atoms with Crippen molar-refractivity contribution in [3.63, 3.8) is 0 Å². The van der Waals surface area contributed by atoms with Crippen molar-refractivity contribution in [3.05, 3.63) is 75.2 Å². The highest BCUT2D eigenvalue weighted by Gasteiger charge is 2.38. The van der Waals surface area contributed by atoms with Gasteiger partial charge in [0.1, 0.15) is 10.0 Å². The second kappa shape index (κ2) is 8.92. The summed E-state index contributed by atoms with van der Waals surface area (Å²) >= 11 is 1.33. The Morgan fingerprint density at radius 1 is 1.09 bits per heavy atom. The van der Waals surface area contributed by atoms with Gasteiger partial charge in [-0.2, -0.15) is 17.5 Å². The highest BCUT2D eigenvalue weighted by Crippen LogP contribution is 2.38. The van der Waals surface area contributed by atoms with E-state index in [0.29, 0.717) is 41.4 Å². The number of rotatable bonds is 6. The molecule has 0 saturated carbocycles. The van der Waals surface area contributed by atoms with Gasteiger partial charge in [-0.3, -0.25) is 0 Å². The summed E-state index contributed by atoms with van der Waals surface area (Å²) < 4.78 is 66.5. The van der Waals surface area contributed by atoms with Crippen molar-refractivity contribution in [1.29, 1.82) is 0 Å². The quantitative estimate of drug-likeness (QED) is 0.487. The van der Waals surface area contributed by atoms with Crippen LogP contribution in [-0.4, -0.2) is 29.5 Å². The van der Waals surface area contributed by atoms with E-state index >= 15 is 0 Å². The van der Waals surface area contributed by atoms with E-state index in [9.17, 15) is 21.6 Å². The largest absolute Gasteiger partial charge is 0.416 e. The van der Waals surface area contributed by atoms with Crippen LogP contribution >= 0.6 is 11.3 Å². The molecule has 1 atom stereocenters. The minimum Gasteiger partial charge on any atom is -0.207 e. The molecular weight excluding hydrogens is 459 g/mol. The molecule has 1 aliphatic heterocycles. The fraction of sp³-hybridized carbons (Fsp3) is 0.364. The Kier molecular flexibility index (Phi) is 6.37. The molecule has 0 N–H and O–H groups in total. The van der Waals surface area contributed by atoms with Gasteiger partial charge in [0, 0.05) is 13.0 Å². The first-order valence-electron chi connectivity index (χ1n) is 10.2. The van der Waals surface area contributed by atoms with Crippen LogP contribution in [0.2, 0.25) is 0 Å². The zero-order valence-corrected chi connectivity index (χ0v) is 19.0. The number of alkyl halides is 3. The minimum absolute atomic E-state index is 0.254. The van der Waals surface area contributed by atoms with Gasteiger partial charge < -0.3 is 0 Å². The molecule has 0 aliphatic carbocycles. The van der Waals surface area contributed by atoms with Gasteiger partial charge in [-0.05, 0) is 49.9 Å². The van der Waals surface area contributed by atoms with E-state index in [1.807, 2.05) is 6.92 Å². The van der Waals surface area contributed by atoms with Crippen LogP contribution in [0.3, 0.4) is 0 Å². The number of nitrogens with zero attached hydrogens (tertiary/aromatic N) is 3. The molecule has 3 aromatic rings. The molecule has 32 heavy (non-hydrogen) atoms. The van der Waals surface area contributed by atoms with Gasteiger partial charge in [-0.25, -0.2) is 8.42 Å². The van der Waals surface area contributed by atoms with E-state index in [1.165, 1.54) is 21.7 Å². The van der Waals surface area contributed by atoms with Crippen LogP contribution < -0.4 is 0 Å². The Hall–Kier alpha value is -2.30. The van der Waals surface area contributed by atoms with Gasteiger partial charge in [-0.1, -0.05) is 47.2 Å². The van der Waals surface area contributed by atoms with Crippen molar-refractivity contribution < 1.29 is 21.6 Å². The first kappa shape index (κ1) is 22.9. The molecule has 170 valence electrons. The molecule has 1 aromatic heterocycles. The molecule has 1 aliphatic rings. The van der Waals surface area contributed by atoms with Gasteiger partial charge >= 0.3 is 6.18 Å². The Bertz CT molecular complexity index is 1190. The number of sulfonamides is 1. The van der Waals surface area contributed by atoms with Gasteiger partial charge in [0.25, 0.3) is 0 Å². The molecule has 1 saturated heterocycles. The standard InChI is InChI=1S/C22H22F3N3O2S2/c1-15-7-10-18(11-8-15)32(29,30)28-13-3-6-19(28)21-27-26-20(31-21)12-9-16-4-2-5-17(14-16)22(23,24)25/h2,4-5,7-8,10-11,14,19H,3,6,9,12-13H2,1H3. The summed E-state index contributed by atoms with van der Waals surface area (Å²) in [5.74, 6) is 0. The highest BCUT2D eigenvalue weighted by atomic mass is 32.2. The number of hydrogen-bond donors (Lipinski definition) is 0. The predicted molar refractivity (Wildman–Crippen MR) is 116 cm³/mol. The molecule has 10 heteroatoms. The fourth-order valence-electron chi connectivity index (χ4n) is 3.78. The van der Waals surface area contributed by atoms with E-state index in [2.05, 4.69) is 10.2 Å². The van der Waals surface area contributed by atoms with Gasteiger partial charge in [-0.15, -0.1) is 10.2 Å². The maximum atomic E-state index is 13.2. The van der Waals surface area contributed by atoms with Crippen LogP contribution in [0.1, 0.15) is 45.6 Å². The molecule has 0 spiro atoms. The molecular formula is C22H22F3N3O2S2. The average molecular weight is 482 g/mol. The number of benzene rings is 2. The summed E-state index contributed by atoms with van der Waals surface area (Å²) in [5, 5.41) is 9.69. The minimum atomic E-state index is -4.37. The monoisotopic (exact) mass is 481 g/mol. The molecule has 0 amide bonds. The Morgan fingerprint density at radius 3 is 2.56 bits per heavy atom. The Morgan fingerprint density at radius 2 is 1.84 bits per heavy atom. The molecule has 1 fully saturated rings. The molecule has 2 aromatic carbocycles. The molecule has 0 radical (unpaired) electrons. The number of aromatic nitrogens is 2. The summed E-state index contributed by atoms with van der Waals surface area (Å²) in [6.45, 7) is 2.32. The Balaban J connectivity index is 1.48. The van der Waals surface area contributed by atoms with Crippen LogP contribution in [0.4, 0.5) is 13.2 Å². The normalized spacial score (nSPS) is 17.7. The first-order chi connectivity index (χ1) is 15.1. The van der Waals surface area contributed by atoms with Crippen molar-refractivity contribution in [1.82, 2.24) is 14.5 Å². The summed E-state index contributed by atoms with van der Waals surface area (Å²) in [6.07, 6.45) is -2.14. The van der Waals surface area contributed by atoms with Gasteiger partial charge in [0.15, 0.2) is 0 Å². The summed E-state index contributed by atoms with van der Waals surface area (Å²) in [5.41, 5.74) is 0.883. The lowest BCUT2D eigenvalue weighted by molar-refractivity contribution is -0.137. The molecule has 0 bridgehead atoms. The third-order valence-electron chi connectivity index (χ3n) is 5.48. The summed E-state index contributed by atoms with van der Waals surface area (Å²) in [7, 11) is -3.65. The zero-order valence-electron chi connectivity index (χ0n) is 17.3. The Labute approximate surface area is 189 Å². The third kappa shape index (κ3) is 4.87. The molecule has 5 nitrogen and oxygen atoms in total. The van der Waals surface area contributed by atoms with Gasteiger partial charge in [0.05, 0.1) is 16.5 Å². The van der Waals surface area contributed by atoms with Crippen LogP contribution in [0, 0.1) is 6.92 Å². The summed E-state index contributed by atoms with van der Waals surface area (Å²) in [4.78, 5) is 0.254. The second-order valence-electron chi connectivity index (χ2n) is 7.82. The van der Waals surface area contributed by atoms with E-state index < -0.39 is 21.8 Å². The van der Waals surface area contributed by atoms with E-state index in [-0.39, 0.29) is 10.9 Å². The van der Waals surface area contributed by atoms with Crippen LogP contribution in [0.5, 0.6) is 0 Å². The second-order valence-corrected chi connectivity index (χ2v) is 10.8. The topological polar surface area (TPSA) is 63.2 Å². The number of aryl methyl sites for hydroxylation is 3. The SMILES string of the molecule is Cc1ccc(S(=O)(=O)N2CCCC2c2nnc(CCc3cccc(C(F)(F)F)c3)s2)cc1. The first-order valence-corrected chi connectivity index (χ1v) is 12.5.